The number of carbonyl (C=O) groups is 1. The van der Waals surface area contributed by atoms with Gasteiger partial charge in [0.05, 0.1) is 12.6 Å². The second kappa shape index (κ2) is 5.14. The van der Waals surface area contributed by atoms with E-state index in [1.54, 1.807) is 0 Å². The van der Waals surface area contributed by atoms with Crippen molar-refractivity contribution in [1.29, 1.82) is 0 Å². The van der Waals surface area contributed by atoms with Crippen molar-refractivity contribution in [3.8, 4) is 0 Å². The van der Waals surface area contributed by atoms with Crippen LogP contribution in [0.2, 0.25) is 0 Å². The molecule has 0 aromatic heterocycles. The molecule has 1 saturated carbocycles. The highest BCUT2D eigenvalue weighted by Gasteiger charge is 2.52. The normalized spacial score (nSPS) is 36.8. The van der Waals surface area contributed by atoms with E-state index >= 15 is 0 Å². The Morgan fingerprint density at radius 1 is 1.56 bits per heavy atom. The van der Waals surface area contributed by atoms with E-state index in [0.717, 1.165) is 19.4 Å². The van der Waals surface area contributed by atoms with Crippen molar-refractivity contribution < 1.29 is 14.7 Å². The molecule has 6 heteroatoms. The number of nitrogens with one attached hydrogen (secondary N) is 1. The zero-order valence-corrected chi connectivity index (χ0v) is 10.7. The number of rotatable bonds is 3. The van der Waals surface area contributed by atoms with Crippen molar-refractivity contribution in [2.45, 2.75) is 38.6 Å². The molecule has 1 aliphatic carbocycles. The van der Waals surface area contributed by atoms with Crippen molar-refractivity contribution in [3.63, 3.8) is 0 Å². The number of carbonyl (C=O) groups excluding carboxylic acids is 1. The number of amides is 1. The Hall–Kier alpha value is -1.30. The third-order valence-corrected chi connectivity index (χ3v) is 3.92. The lowest BCUT2D eigenvalue weighted by Crippen LogP contribution is -2.59. The van der Waals surface area contributed by atoms with Crippen molar-refractivity contribution in [2.75, 3.05) is 13.2 Å². The predicted octanol–water partition coefficient (Wildman–Crippen LogP) is 0.444. The number of nitrogens with two attached hydrogens (primary N) is 1. The smallest absolute Gasteiger partial charge is 0.234 e. The molecule has 1 aliphatic heterocycles. The standard InChI is InChI=1S/C12H21N3O3/c1-8-5-12(6-8,10(13)15-17)11(16)14-9-3-2-4-18-7-9/h8-9,17H,2-7H2,1H3,(H2,13,15)(H,14,16). The van der Waals surface area contributed by atoms with Crippen LogP contribution in [-0.2, 0) is 9.53 Å². The number of hydrogen-bond donors (Lipinski definition) is 3. The third kappa shape index (κ3) is 2.29. The molecule has 1 saturated heterocycles. The maximum Gasteiger partial charge on any atom is 0.234 e. The zero-order chi connectivity index (χ0) is 13.2. The van der Waals surface area contributed by atoms with E-state index in [9.17, 15) is 4.79 Å². The van der Waals surface area contributed by atoms with Crippen LogP contribution in [-0.4, -0.2) is 36.2 Å². The molecule has 0 spiro atoms. The number of amidine groups is 1. The fourth-order valence-electron chi connectivity index (χ4n) is 2.91. The maximum absolute atomic E-state index is 12.3. The van der Waals surface area contributed by atoms with Crippen molar-refractivity contribution >= 4 is 11.7 Å². The topological polar surface area (TPSA) is 96.9 Å². The van der Waals surface area contributed by atoms with Gasteiger partial charge in [-0.15, -0.1) is 0 Å². The Kier molecular flexibility index (Phi) is 3.75. The lowest BCUT2D eigenvalue weighted by Gasteiger charge is -2.44. The molecule has 0 aromatic carbocycles. The van der Waals surface area contributed by atoms with Gasteiger partial charge in [0.1, 0.15) is 5.41 Å². The van der Waals surface area contributed by atoms with Crippen LogP contribution in [0.25, 0.3) is 0 Å². The summed E-state index contributed by atoms with van der Waals surface area (Å²) in [5, 5.41) is 14.8. The summed E-state index contributed by atoms with van der Waals surface area (Å²) in [6.45, 7) is 3.36. The van der Waals surface area contributed by atoms with Crippen LogP contribution in [0.3, 0.4) is 0 Å². The summed E-state index contributed by atoms with van der Waals surface area (Å²) in [5.41, 5.74) is 4.88. The Labute approximate surface area is 107 Å². The molecule has 1 heterocycles. The monoisotopic (exact) mass is 255 g/mol. The molecule has 4 N–H and O–H groups in total. The molecule has 2 aliphatic rings. The Balaban J connectivity index is 2.00. The van der Waals surface area contributed by atoms with E-state index in [4.69, 9.17) is 15.7 Å². The van der Waals surface area contributed by atoms with E-state index in [1.807, 2.05) is 0 Å². The summed E-state index contributed by atoms with van der Waals surface area (Å²) in [4.78, 5) is 12.3. The average Bonchev–Trinajstić information content (AvgIpc) is 2.34. The molecule has 6 nitrogen and oxygen atoms in total. The fraction of sp³-hybridized carbons (Fsp3) is 0.833. The molecule has 0 aromatic rings. The minimum absolute atomic E-state index is 0.0230. The van der Waals surface area contributed by atoms with Crippen LogP contribution in [0.15, 0.2) is 5.16 Å². The summed E-state index contributed by atoms with van der Waals surface area (Å²) in [7, 11) is 0. The molecular weight excluding hydrogens is 234 g/mol. The van der Waals surface area contributed by atoms with E-state index in [1.165, 1.54) is 0 Å². The van der Waals surface area contributed by atoms with Gasteiger partial charge >= 0.3 is 0 Å². The second-order valence-electron chi connectivity index (χ2n) is 5.47. The summed E-state index contributed by atoms with van der Waals surface area (Å²) in [6.07, 6.45) is 3.16. The summed E-state index contributed by atoms with van der Waals surface area (Å²) >= 11 is 0. The van der Waals surface area contributed by atoms with Gasteiger partial charge in [-0.25, -0.2) is 0 Å². The average molecular weight is 255 g/mol. The number of ether oxygens (including phenoxy) is 1. The van der Waals surface area contributed by atoms with Gasteiger partial charge in [0.2, 0.25) is 5.91 Å². The maximum atomic E-state index is 12.3. The van der Waals surface area contributed by atoms with Crippen LogP contribution >= 0.6 is 0 Å². The second-order valence-corrected chi connectivity index (χ2v) is 5.47. The van der Waals surface area contributed by atoms with Crippen LogP contribution in [0.5, 0.6) is 0 Å². The molecule has 0 radical (unpaired) electrons. The Morgan fingerprint density at radius 2 is 2.28 bits per heavy atom. The molecule has 102 valence electrons. The first-order valence-corrected chi connectivity index (χ1v) is 6.45. The summed E-state index contributed by atoms with van der Waals surface area (Å²) < 4.78 is 5.33. The zero-order valence-electron chi connectivity index (χ0n) is 10.7. The van der Waals surface area contributed by atoms with Crippen molar-refractivity contribution in [1.82, 2.24) is 5.32 Å². The number of nitrogens with zero attached hydrogens (tertiary/aromatic N) is 1. The minimum Gasteiger partial charge on any atom is -0.409 e. The summed E-state index contributed by atoms with van der Waals surface area (Å²) in [6, 6.07) is 0.0468. The molecule has 2 fully saturated rings. The Bertz CT molecular complexity index is 344. The van der Waals surface area contributed by atoms with Crippen molar-refractivity contribution in [2.24, 2.45) is 22.2 Å². The summed E-state index contributed by atoms with van der Waals surface area (Å²) in [5.74, 6) is 0.319. The number of oxime groups is 1. The molecule has 18 heavy (non-hydrogen) atoms. The predicted molar refractivity (Wildman–Crippen MR) is 66.2 cm³/mol. The first-order chi connectivity index (χ1) is 8.58. The lowest BCUT2D eigenvalue weighted by molar-refractivity contribution is -0.134. The third-order valence-electron chi connectivity index (χ3n) is 3.92. The lowest BCUT2D eigenvalue weighted by atomic mass is 9.61. The first kappa shape index (κ1) is 13.1. The first-order valence-electron chi connectivity index (χ1n) is 6.45. The molecule has 2 rings (SSSR count). The molecule has 1 unspecified atom stereocenters. The molecule has 0 bridgehead atoms. The van der Waals surface area contributed by atoms with Gasteiger partial charge in [-0.1, -0.05) is 12.1 Å². The quantitative estimate of drug-likeness (QED) is 0.295. The SMILES string of the molecule is CC1CC(C(=O)NC2CCCOC2)(C(N)=NO)C1. The largest absolute Gasteiger partial charge is 0.409 e. The highest BCUT2D eigenvalue weighted by Crippen LogP contribution is 2.46. The van der Waals surface area contributed by atoms with Crippen LogP contribution in [0.1, 0.15) is 32.6 Å². The van der Waals surface area contributed by atoms with E-state index in [0.29, 0.717) is 25.4 Å². The van der Waals surface area contributed by atoms with E-state index in [2.05, 4.69) is 17.4 Å². The highest BCUT2D eigenvalue weighted by atomic mass is 16.5. The Morgan fingerprint density at radius 3 is 2.78 bits per heavy atom. The fourth-order valence-corrected chi connectivity index (χ4v) is 2.91. The molecule has 1 amide bonds. The molecular formula is C12H21N3O3. The van der Waals surface area contributed by atoms with E-state index in [-0.39, 0.29) is 17.8 Å². The van der Waals surface area contributed by atoms with Gasteiger partial charge in [0.15, 0.2) is 5.84 Å². The van der Waals surface area contributed by atoms with Gasteiger partial charge in [-0.05, 0) is 31.6 Å². The molecule has 1 atom stereocenters. The van der Waals surface area contributed by atoms with Gasteiger partial charge in [-0.3, -0.25) is 4.79 Å². The van der Waals surface area contributed by atoms with E-state index < -0.39 is 5.41 Å². The number of hydrogen-bond acceptors (Lipinski definition) is 4. The van der Waals surface area contributed by atoms with Crippen LogP contribution < -0.4 is 11.1 Å². The van der Waals surface area contributed by atoms with Gasteiger partial charge in [0, 0.05) is 6.61 Å². The van der Waals surface area contributed by atoms with Gasteiger partial charge < -0.3 is 21.0 Å². The van der Waals surface area contributed by atoms with Crippen molar-refractivity contribution in [3.05, 3.63) is 0 Å². The van der Waals surface area contributed by atoms with Gasteiger partial charge in [-0.2, -0.15) is 0 Å². The van der Waals surface area contributed by atoms with Crippen LogP contribution in [0.4, 0.5) is 0 Å². The van der Waals surface area contributed by atoms with Gasteiger partial charge in [0.25, 0.3) is 0 Å². The highest BCUT2D eigenvalue weighted by molar-refractivity contribution is 6.07. The minimum atomic E-state index is -0.814. The van der Waals surface area contributed by atoms with Crippen LogP contribution in [0, 0.1) is 11.3 Å².